The number of thiophene rings is 1. The molecule has 0 spiro atoms. The van der Waals surface area contributed by atoms with Gasteiger partial charge in [0, 0.05) is 28.7 Å². The molecule has 0 unspecified atom stereocenters. The number of nitrogens with zero attached hydrogens (tertiary/aromatic N) is 5. The van der Waals surface area contributed by atoms with Gasteiger partial charge in [-0.05, 0) is 55.6 Å². The first-order valence-corrected chi connectivity index (χ1v) is 12.6. The van der Waals surface area contributed by atoms with E-state index in [1.54, 1.807) is 12.1 Å². The van der Waals surface area contributed by atoms with Gasteiger partial charge in [-0.15, -0.1) is 33.9 Å². The Morgan fingerprint density at radius 1 is 0.975 bits per heavy atom. The highest BCUT2D eigenvalue weighted by Gasteiger charge is 2.25. The fourth-order valence-corrected chi connectivity index (χ4v) is 5.63. The van der Waals surface area contributed by atoms with Crippen LogP contribution in [0, 0.1) is 11.6 Å². The lowest BCUT2D eigenvalue weighted by Gasteiger charge is -2.14. The second kappa shape index (κ2) is 11.5. The Balaban J connectivity index is 0.00000370. The molecule has 0 aliphatic rings. The van der Waals surface area contributed by atoms with Crippen LogP contribution in [0.5, 0.6) is 5.88 Å². The van der Waals surface area contributed by atoms with Crippen LogP contribution in [0.15, 0.2) is 64.2 Å². The number of nitrogen functional groups attached to an aromatic ring is 1. The van der Waals surface area contributed by atoms with Gasteiger partial charge in [0.1, 0.15) is 16.5 Å². The minimum Gasteiger partial charge on any atom is -0.480 e. The molecule has 0 aliphatic carbocycles. The molecule has 2 aromatic carbocycles. The van der Waals surface area contributed by atoms with Gasteiger partial charge in [0.25, 0.3) is 5.56 Å². The molecular formula is C27H25ClF2N6O3S. The van der Waals surface area contributed by atoms with Crippen molar-refractivity contribution in [1.82, 2.24) is 24.2 Å². The third-order valence-corrected chi connectivity index (χ3v) is 7.47. The van der Waals surface area contributed by atoms with Crippen LogP contribution in [-0.2, 0) is 13.1 Å². The van der Waals surface area contributed by atoms with Gasteiger partial charge in [-0.25, -0.2) is 18.1 Å². The first-order chi connectivity index (χ1) is 18.7. The summed E-state index contributed by atoms with van der Waals surface area (Å²) in [5, 5.41) is 8.14. The SMILES string of the molecule is COc1ccc(-n2c(=O)c3c(CN(C)C)c(-c4ccc(N)cc4)sc3n(Cc3c(F)cccc3F)c2=O)nn1.Cl. The Kier molecular flexibility index (Phi) is 8.33. The molecule has 5 aromatic rings. The number of anilines is 1. The third-order valence-electron chi connectivity index (χ3n) is 6.16. The molecule has 0 saturated carbocycles. The molecule has 0 atom stereocenters. The summed E-state index contributed by atoms with van der Waals surface area (Å²) in [5.74, 6) is -1.47. The van der Waals surface area contributed by atoms with E-state index in [0.717, 1.165) is 27.1 Å². The maximum Gasteiger partial charge on any atom is 0.338 e. The molecule has 3 aromatic heterocycles. The summed E-state index contributed by atoms with van der Waals surface area (Å²) in [6.45, 7) is -0.0870. The van der Waals surface area contributed by atoms with Gasteiger partial charge < -0.3 is 15.4 Å². The first kappa shape index (κ1) is 28.9. The maximum absolute atomic E-state index is 14.7. The Morgan fingerprint density at radius 2 is 1.65 bits per heavy atom. The van der Waals surface area contributed by atoms with Crippen molar-refractivity contribution in [3.8, 4) is 22.1 Å². The number of ether oxygens (including phenoxy) is 1. The molecular weight excluding hydrogens is 562 g/mol. The average molecular weight is 587 g/mol. The lowest BCUT2D eigenvalue weighted by atomic mass is 10.1. The van der Waals surface area contributed by atoms with Gasteiger partial charge in [-0.3, -0.25) is 9.36 Å². The largest absolute Gasteiger partial charge is 0.480 e. The van der Waals surface area contributed by atoms with Crippen LogP contribution in [-0.4, -0.2) is 45.4 Å². The standard InChI is InChI=1S/C27H24F2N6O3S.ClH/c1-33(2)13-18-23-25(36)35(21-11-12-22(38-3)32-31-21)27(37)34(14-17-19(28)5-4-6-20(17)29)26(23)39-24(18)15-7-9-16(30)10-8-15;/h4-12H,13-14,30H2,1-3H3;1H. The molecule has 0 radical (unpaired) electrons. The van der Waals surface area contributed by atoms with E-state index < -0.39 is 29.4 Å². The molecule has 0 bridgehead atoms. The first-order valence-electron chi connectivity index (χ1n) is 11.8. The van der Waals surface area contributed by atoms with Crippen molar-refractivity contribution in [2.75, 3.05) is 26.9 Å². The fraction of sp³-hybridized carbons (Fsp3) is 0.185. The Hall–Kier alpha value is -4.13. The zero-order chi connectivity index (χ0) is 27.8. The van der Waals surface area contributed by atoms with Crippen LogP contribution in [0.2, 0.25) is 0 Å². The van der Waals surface area contributed by atoms with Crippen molar-refractivity contribution in [3.63, 3.8) is 0 Å². The Bertz CT molecular complexity index is 1780. The van der Waals surface area contributed by atoms with E-state index in [1.165, 1.54) is 41.2 Å². The summed E-state index contributed by atoms with van der Waals surface area (Å²) in [5.41, 5.74) is 6.18. The molecule has 40 heavy (non-hydrogen) atoms. The third kappa shape index (κ3) is 5.20. The van der Waals surface area contributed by atoms with Gasteiger partial charge in [-0.2, -0.15) is 0 Å². The smallest absolute Gasteiger partial charge is 0.338 e. The van der Waals surface area contributed by atoms with E-state index in [1.807, 2.05) is 31.1 Å². The fourth-order valence-electron chi connectivity index (χ4n) is 4.33. The number of benzene rings is 2. The number of hydrogen-bond donors (Lipinski definition) is 1. The van der Waals surface area contributed by atoms with Crippen molar-refractivity contribution in [2.45, 2.75) is 13.1 Å². The van der Waals surface area contributed by atoms with Crippen molar-refractivity contribution >= 4 is 39.6 Å². The van der Waals surface area contributed by atoms with E-state index in [4.69, 9.17) is 10.5 Å². The molecule has 0 fully saturated rings. The average Bonchev–Trinajstić information content (AvgIpc) is 3.27. The number of fused-ring (bicyclic) bond motifs is 1. The molecule has 13 heteroatoms. The van der Waals surface area contributed by atoms with Crippen molar-refractivity contribution in [2.24, 2.45) is 0 Å². The minimum atomic E-state index is -0.809. The van der Waals surface area contributed by atoms with Gasteiger partial charge in [0.05, 0.1) is 19.0 Å². The van der Waals surface area contributed by atoms with Crippen molar-refractivity contribution in [1.29, 1.82) is 0 Å². The van der Waals surface area contributed by atoms with Gasteiger partial charge in [-0.1, -0.05) is 18.2 Å². The van der Waals surface area contributed by atoms with E-state index in [2.05, 4.69) is 10.2 Å². The minimum absolute atomic E-state index is 0. The van der Waals surface area contributed by atoms with Crippen LogP contribution >= 0.6 is 23.7 Å². The van der Waals surface area contributed by atoms with Gasteiger partial charge in [0.15, 0.2) is 5.82 Å². The van der Waals surface area contributed by atoms with Crippen LogP contribution < -0.4 is 21.7 Å². The maximum atomic E-state index is 14.7. The van der Waals surface area contributed by atoms with E-state index in [0.29, 0.717) is 17.8 Å². The van der Waals surface area contributed by atoms with Crippen LogP contribution in [0.4, 0.5) is 14.5 Å². The zero-order valence-electron chi connectivity index (χ0n) is 21.7. The summed E-state index contributed by atoms with van der Waals surface area (Å²) < 4.78 is 36.6. The summed E-state index contributed by atoms with van der Waals surface area (Å²) >= 11 is 1.20. The Labute approximate surface area is 237 Å². The topological polar surface area (TPSA) is 108 Å². The summed E-state index contributed by atoms with van der Waals surface area (Å²) in [7, 11) is 5.12. The van der Waals surface area contributed by atoms with E-state index in [-0.39, 0.29) is 39.9 Å². The number of rotatable bonds is 7. The summed E-state index contributed by atoms with van der Waals surface area (Å²) in [6, 6.07) is 13.5. The van der Waals surface area contributed by atoms with E-state index in [9.17, 15) is 18.4 Å². The monoisotopic (exact) mass is 586 g/mol. The van der Waals surface area contributed by atoms with Crippen LogP contribution in [0.1, 0.15) is 11.1 Å². The summed E-state index contributed by atoms with van der Waals surface area (Å²) in [6.07, 6.45) is 0. The number of halogens is 3. The van der Waals surface area contributed by atoms with Crippen molar-refractivity contribution < 1.29 is 13.5 Å². The van der Waals surface area contributed by atoms with Gasteiger partial charge in [0.2, 0.25) is 5.88 Å². The number of aromatic nitrogens is 4. The highest BCUT2D eigenvalue weighted by atomic mass is 35.5. The zero-order valence-corrected chi connectivity index (χ0v) is 23.4. The highest BCUT2D eigenvalue weighted by molar-refractivity contribution is 7.22. The predicted molar refractivity (Wildman–Crippen MR) is 154 cm³/mol. The normalized spacial score (nSPS) is 11.2. The van der Waals surface area contributed by atoms with E-state index >= 15 is 0 Å². The molecule has 0 amide bonds. The molecule has 3 heterocycles. The molecule has 5 rings (SSSR count). The lowest BCUT2D eigenvalue weighted by molar-refractivity contribution is 0.391. The number of hydrogen-bond acceptors (Lipinski definition) is 8. The van der Waals surface area contributed by atoms with Crippen LogP contribution in [0.3, 0.4) is 0 Å². The molecule has 208 valence electrons. The molecule has 2 N–H and O–H groups in total. The quantitative estimate of drug-likeness (QED) is 0.286. The predicted octanol–water partition coefficient (Wildman–Crippen LogP) is 4.07. The highest BCUT2D eigenvalue weighted by Crippen LogP contribution is 2.38. The summed E-state index contributed by atoms with van der Waals surface area (Å²) in [4.78, 5) is 30.8. The van der Waals surface area contributed by atoms with Crippen LogP contribution in [0.25, 0.3) is 26.5 Å². The van der Waals surface area contributed by atoms with Gasteiger partial charge >= 0.3 is 5.69 Å². The lowest BCUT2D eigenvalue weighted by Crippen LogP contribution is -2.39. The number of methoxy groups -OCH3 is 1. The number of nitrogens with two attached hydrogens (primary N) is 1. The molecule has 0 saturated heterocycles. The van der Waals surface area contributed by atoms with Crippen molar-refractivity contribution in [3.05, 3.63) is 98.2 Å². The molecule has 9 nitrogen and oxygen atoms in total. The second-order valence-electron chi connectivity index (χ2n) is 9.09. The Morgan fingerprint density at radius 3 is 2.23 bits per heavy atom. The second-order valence-corrected chi connectivity index (χ2v) is 10.1. The molecule has 0 aliphatic heterocycles.